The van der Waals surface area contributed by atoms with Gasteiger partial charge in [0.15, 0.2) is 0 Å². The zero-order chi connectivity index (χ0) is 12.3. The van der Waals surface area contributed by atoms with Crippen molar-refractivity contribution in [3.63, 3.8) is 0 Å². The molecular weight excluding hydrogens is 214 g/mol. The molecule has 0 amide bonds. The van der Waals surface area contributed by atoms with Crippen molar-refractivity contribution in [3.8, 4) is 0 Å². The fourth-order valence-electron chi connectivity index (χ4n) is 2.10. The molecule has 0 saturated carbocycles. The monoisotopic (exact) mass is 237 g/mol. The van der Waals surface area contributed by atoms with Gasteiger partial charge < -0.3 is 10.2 Å². The molecule has 0 aliphatic carbocycles. The van der Waals surface area contributed by atoms with Crippen LogP contribution in [0, 0.1) is 0 Å². The van der Waals surface area contributed by atoms with Crippen LogP contribution >= 0.6 is 0 Å². The van der Waals surface area contributed by atoms with Crippen LogP contribution in [0.5, 0.6) is 0 Å². The Morgan fingerprint density at radius 1 is 1.47 bits per heavy atom. The molecule has 5 heteroatoms. The van der Waals surface area contributed by atoms with Crippen molar-refractivity contribution in [1.82, 2.24) is 25.2 Å². The van der Waals surface area contributed by atoms with E-state index in [0.717, 1.165) is 44.7 Å². The van der Waals surface area contributed by atoms with Gasteiger partial charge in [0.25, 0.3) is 0 Å². The lowest BCUT2D eigenvalue weighted by Crippen LogP contribution is -2.28. The Hall–Kier alpha value is -0.940. The van der Waals surface area contributed by atoms with E-state index in [1.54, 1.807) is 0 Å². The molecule has 0 unspecified atom stereocenters. The van der Waals surface area contributed by atoms with Crippen molar-refractivity contribution >= 4 is 0 Å². The van der Waals surface area contributed by atoms with Crippen molar-refractivity contribution < 1.29 is 0 Å². The molecule has 0 atom stereocenters. The summed E-state index contributed by atoms with van der Waals surface area (Å²) in [6.07, 6.45) is 2.19. The number of aryl methyl sites for hydroxylation is 1. The molecule has 2 rings (SSSR count). The van der Waals surface area contributed by atoms with E-state index < -0.39 is 0 Å². The second-order valence-electron chi connectivity index (χ2n) is 5.06. The number of rotatable bonds is 5. The van der Waals surface area contributed by atoms with E-state index in [1.165, 1.54) is 5.69 Å². The highest BCUT2D eigenvalue weighted by Gasteiger charge is 2.15. The number of nitrogens with zero attached hydrogens (tertiary/aromatic N) is 4. The van der Waals surface area contributed by atoms with Crippen LogP contribution in [0.1, 0.15) is 31.7 Å². The van der Waals surface area contributed by atoms with E-state index in [9.17, 15) is 0 Å². The summed E-state index contributed by atoms with van der Waals surface area (Å²) in [5.41, 5.74) is 2.46. The zero-order valence-electron chi connectivity index (χ0n) is 11.1. The standard InChI is InChI=1S/C12H23N5/c1-10(2)16(3)7-4-8-17-12-5-6-13-9-11(12)14-15-17/h10,13H,4-9H2,1-3H3. The molecule has 1 aromatic rings. The molecule has 0 bridgehead atoms. The summed E-state index contributed by atoms with van der Waals surface area (Å²) in [6.45, 7) is 8.48. The van der Waals surface area contributed by atoms with Gasteiger partial charge in [-0.2, -0.15) is 0 Å². The van der Waals surface area contributed by atoms with Gasteiger partial charge >= 0.3 is 0 Å². The molecule has 1 aliphatic rings. The number of fused-ring (bicyclic) bond motifs is 1. The Bertz CT molecular complexity index is 358. The van der Waals surface area contributed by atoms with Crippen molar-refractivity contribution in [2.75, 3.05) is 20.1 Å². The van der Waals surface area contributed by atoms with Crippen molar-refractivity contribution in [1.29, 1.82) is 0 Å². The molecule has 2 heterocycles. The number of hydrogen-bond donors (Lipinski definition) is 1. The van der Waals surface area contributed by atoms with E-state index in [-0.39, 0.29) is 0 Å². The van der Waals surface area contributed by atoms with Gasteiger partial charge in [0.2, 0.25) is 0 Å². The molecule has 0 aromatic carbocycles. The molecule has 0 saturated heterocycles. The van der Waals surface area contributed by atoms with Crippen LogP contribution in [0.3, 0.4) is 0 Å². The van der Waals surface area contributed by atoms with Crippen LogP contribution in [0.25, 0.3) is 0 Å². The van der Waals surface area contributed by atoms with Gasteiger partial charge in [-0.15, -0.1) is 5.10 Å². The van der Waals surface area contributed by atoms with E-state index in [2.05, 4.69) is 46.1 Å². The van der Waals surface area contributed by atoms with Gasteiger partial charge in [0, 0.05) is 32.1 Å². The molecule has 0 fully saturated rings. The van der Waals surface area contributed by atoms with Gasteiger partial charge in [-0.1, -0.05) is 5.21 Å². The van der Waals surface area contributed by atoms with Crippen molar-refractivity contribution in [2.45, 2.75) is 45.8 Å². The topological polar surface area (TPSA) is 46.0 Å². The number of hydrogen-bond acceptors (Lipinski definition) is 4. The maximum absolute atomic E-state index is 4.25. The molecule has 1 aliphatic heterocycles. The Balaban J connectivity index is 1.85. The third-order valence-electron chi connectivity index (χ3n) is 3.51. The van der Waals surface area contributed by atoms with Crippen LogP contribution in [-0.2, 0) is 19.5 Å². The average Bonchev–Trinajstić information content (AvgIpc) is 2.72. The van der Waals surface area contributed by atoms with Crippen LogP contribution in [0.2, 0.25) is 0 Å². The van der Waals surface area contributed by atoms with E-state index in [1.807, 2.05) is 0 Å². The molecule has 96 valence electrons. The third-order valence-corrected chi connectivity index (χ3v) is 3.51. The molecule has 5 nitrogen and oxygen atoms in total. The van der Waals surface area contributed by atoms with Crippen LogP contribution in [0.15, 0.2) is 0 Å². The zero-order valence-corrected chi connectivity index (χ0v) is 11.1. The SMILES string of the molecule is CC(C)N(C)CCCn1nnc2c1CCNC2. The van der Waals surface area contributed by atoms with Gasteiger partial charge in [-0.05, 0) is 33.9 Å². The summed E-state index contributed by atoms with van der Waals surface area (Å²) < 4.78 is 2.09. The third kappa shape index (κ3) is 3.04. The lowest BCUT2D eigenvalue weighted by molar-refractivity contribution is 0.263. The summed E-state index contributed by atoms with van der Waals surface area (Å²) in [4.78, 5) is 2.37. The highest BCUT2D eigenvalue weighted by molar-refractivity contribution is 5.13. The smallest absolute Gasteiger partial charge is 0.0997 e. The van der Waals surface area contributed by atoms with E-state index in [4.69, 9.17) is 0 Å². The molecule has 17 heavy (non-hydrogen) atoms. The lowest BCUT2D eigenvalue weighted by atomic mass is 10.2. The quantitative estimate of drug-likeness (QED) is 0.817. The predicted octanol–water partition coefficient (Wildman–Crippen LogP) is 0.654. The molecule has 1 aromatic heterocycles. The fourth-order valence-corrected chi connectivity index (χ4v) is 2.10. The minimum absolute atomic E-state index is 0.615. The van der Waals surface area contributed by atoms with Gasteiger partial charge in [0.05, 0.1) is 11.4 Å². The molecule has 1 N–H and O–H groups in total. The minimum Gasteiger partial charge on any atom is -0.311 e. The van der Waals surface area contributed by atoms with Crippen molar-refractivity contribution in [2.24, 2.45) is 0 Å². The Morgan fingerprint density at radius 2 is 2.29 bits per heavy atom. The van der Waals surface area contributed by atoms with Crippen molar-refractivity contribution in [3.05, 3.63) is 11.4 Å². The summed E-state index contributed by atoms with van der Waals surface area (Å²) in [7, 11) is 2.17. The maximum atomic E-state index is 4.25. The summed E-state index contributed by atoms with van der Waals surface area (Å²) >= 11 is 0. The van der Waals surface area contributed by atoms with Crippen LogP contribution in [-0.4, -0.2) is 46.1 Å². The second-order valence-corrected chi connectivity index (χ2v) is 5.06. The number of nitrogens with one attached hydrogen (secondary N) is 1. The summed E-state index contributed by atoms with van der Waals surface area (Å²) in [5, 5.41) is 11.8. The molecular formula is C12H23N5. The van der Waals surface area contributed by atoms with Gasteiger partial charge in [0.1, 0.15) is 0 Å². The first kappa shape index (κ1) is 12.5. The summed E-state index contributed by atoms with van der Waals surface area (Å²) in [6, 6.07) is 0.615. The molecule has 0 spiro atoms. The first-order chi connectivity index (χ1) is 8.18. The normalized spacial score (nSPS) is 15.6. The van der Waals surface area contributed by atoms with E-state index in [0.29, 0.717) is 6.04 Å². The number of aromatic nitrogens is 3. The summed E-state index contributed by atoms with van der Waals surface area (Å²) in [5.74, 6) is 0. The first-order valence-corrected chi connectivity index (χ1v) is 6.50. The van der Waals surface area contributed by atoms with Crippen LogP contribution in [0.4, 0.5) is 0 Å². The van der Waals surface area contributed by atoms with Gasteiger partial charge in [-0.3, -0.25) is 0 Å². The first-order valence-electron chi connectivity index (χ1n) is 6.50. The highest BCUT2D eigenvalue weighted by atomic mass is 15.4. The molecule has 0 radical (unpaired) electrons. The average molecular weight is 237 g/mol. The highest BCUT2D eigenvalue weighted by Crippen LogP contribution is 2.10. The Kier molecular flexibility index (Phi) is 4.12. The van der Waals surface area contributed by atoms with Crippen LogP contribution < -0.4 is 5.32 Å². The largest absolute Gasteiger partial charge is 0.311 e. The Labute approximate surface area is 103 Å². The fraction of sp³-hybridized carbons (Fsp3) is 0.833. The lowest BCUT2D eigenvalue weighted by Gasteiger charge is -2.21. The Morgan fingerprint density at radius 3 is 3.06 bits per heavy atom. The predicted molar refractivity (Wildman–Crippen MR) is 67.8 cm³/mol. The minimum atomic E-state index is 0.615. The van der Waals surface area contributed by atoms with E-state index >= 15 is 0 Å². The second kappa shape index (κ2) is 5.60. The maximum Gasteiger partial charge on any atom is 0.0997 e. The van der Waals surface area contributed by atoms with Gasteiger partial charge in [-0.25, -0.2) is 4.68 Å².